The summed E-state index contributed by atoms with van der Waals surface area (Å²) < 4.78 is 0. The Balaban J connectivity index is 0. The molecule has 0 atom stereocenters. The molecular weight excluding hydrogens is 161 g/mol. The molecule has 0 aromatic rings. The largest absolute Gasteiger partial charge is 0.288 e. The number of rotatable bonds is 0. The predicted molar refractivity (Wildman–Crippen MR) is 19.7 cm³/mol. The molecule has 0 saturated carbocycles. The standard InChI is InChI=1S/C2H4OS.Y/c1-2(3)4;/h1H3,(H,3,4);. The second kappa shape index (κ2) is 5.12. The monoisotopic (exact) mass is 165 g/mol. The topological polar surface area (TPSA) is 17.1 Å². The molecule has 0 aromatic heterocycles. The number of thiol groups is 1. The maximum atomic E-state index is 9.31. The van der Waals surface area contributed by atoms with E-state index in [1.807, 2.05) is 0 Å². The Morgan fingerprint density at radius 2 is 1.80 bits per heavy atom. The van der Waals surface area contributed by atoms with Gasteiger partial charge in [-0.25, -0.2) is 0 Å². The number of hydrogen-bond acceptors (Lipinski definition) is 1. The molecule has 0 aromatic carbocycles. The zero-order chi connectivity index (χ0) is 3.58. The van der Waals surface area contributed by atoms with E-state index in [-0.39, 0.29) is 37.8 Å². The maximum absolute atomic E-state index is 9.31. The van der Waals surface area contributed by atoms with Gasteiger partial charge in [0.25, 0.3) is 0 Å². The summed E-state index contributed by atoms with van der Waals surface area (Å²) in [7, 11) is 0. The van der Waals surface area contributed by atoms with Gasteiger partial charge in [-0.1, -0.05) is 0 Å². The molecule has 0 aliphatic heterocycles. The van der Waals surface area contributed by atoms with Crippen LogP contribution in [0.2, 0.25) is 0 Å². The summed E-state index contributed by atoms with van der Waals surface area (Å²) >= 11 is 3.33. The average Bonchev–Trinajstić information content (AvgIpc) is 0.811. The summed E-state index contributed by atoms with van der Waals surface area (Å²) in [5, 5.41) is -0.139. The Labute approximate surface area is 61.8 Å². The van der Waals surface area contributed by atoms with Crippen LogP contribution in [-0.4, -0.2) is 5.12 Å². The smallest absolute Gasteiger partial charge is 0.182 e. The molecule has 27 valence electrons. The van der Waals surface area contributed by atoms with E-state index in [1.165, 1.54) is 6.92 Å². The number of hydrogen-bond donors (Lipinski definition) is 1. The minimum atomic E-state index is -0.139. The van der Waals surface area contributed by atoms with E-state index in [9.17, 15) is 4.79 Å². The fourth-order valence-corrected chi connectivity index (χ4v) is 0. The van der Waals surface area contributed by atoms with Gasteiger partial charge in [-0.3, -0.25) is 4.79 Å². The number of carbonyl (C=O) groups excluding carboxylic acids is 1. The van der Waals surface area contributed by atoms with Crippen molar-refractivity contribution in [2.24, 2.45) is 0 Å². The van der Waals surface area contributed by atoms with Gasteiger partial charge in [-0.2, -0.15) is 0 Å². The molecule has 0 amide bonds. The molecule has 0 heterocycles. The van der Waals surface area contributed by atoms with E-state index in [4.69, 9.17) is 0 Å². The normalized spacial score (nSPS) is 5.20. The van der Waals surface area contributed by atoms with Crippen molar-refractivity contribution in [2.45, 2.75) is 6.92 Å². The van der Waals surface area contributed by atoms with Crippen LogP contribution in [0.25, 0.3) is 0 Å². The third kappa shape index (κ3) is 39.6. The minimum absolute atomic E-state index is 0. The van der Waals surface area contributed by atoms with Gasteiger partial charge in [0.1, 0.15) is 0 Å². The van der Waals surface area contributed by atoms with Crippen molar-refractivity contribution >= 4 is 17.7 Å². The second-order valence-corrected chi connectivity index (χ2v) is 1.15. The molecule has 0 aliphatic carbocycles. The van der Waals surface area contributed by atoms with E-state index in [0.29, 0.717) is 0 Å². The molecule has 0 aliphatic rings. The van der Waals surface area contributed by atoms with Crippen molar-refractivity contribution < 1.29 is 37.5 Å². The quantitative estimate of drug-likeness (QED) is 0.516. The summed E-state index contributed by atoms with van der Waals surface area (Å²) in [6.45, 7) is 1.39. The van der Waals surface area contributed by atoms with Gasteiger partial charge in [0, 0.05) is 39.6 Å². The number of carbonyl (C=O) groups is 1. The second-order valence-electron chi connectivity index (χ2n) is 0.519. The molecular formula is C2H4OSY. The fourth-order valence-electron chi connectivity index (χ4n) is 0. The molecule has 0 bridgehead atoms. The third-order valence-corrected chi connectivity index (χ3v) is 0. The maximum Gasteiger partial charge on any atom is 0.182 e. The van der Waals surface area contributed by atoms with Gasteiger partial charge >= 0.3 is 0 Å². The van der Waals surface area contributed by atoms with Crippen molar-refractivity contribution in [2.75, 3.05) is 0 Å². The van der Waals surface area contributed by atoms with Crippen LogP contribution in [0.5, 0.6) is 0 Å². The van der Waals surface area contributed by atoms with Gasteiger partial charge in [-0.05, 0) is 0 Å². The first-order valence-corrected chi connectivity index (χ1v) is 1.37. The third-order valence-electron chi connectivity index (χ3n) is 0. The van der Waals surface area contributed by atoms with Crippen molar-refractivity contribution in [1.82, 2.24) is 0 Å². The Morgan fingerprint density at radius 3 is 1.80 bits per heavy atom. The average molecular weight is 165 g/mol. The molecule has 0 saturated heterocycles. The van der Waals surface area contributed by atoms with Gasteiger partial charge in [0.2, 0.25) is 0 Å². The van der Waals surface area contributed by atoms with E-state index < -0.39 is 0 Å². The van der Waals surface area contributed by atoms with Crippen LogP contribution in [0.4, 0.5) is 0 Å². The summed E-state index contributed by atoms with van der Waals surface area (Å²) in [6, 6.07) is 0. The molecule has 0 rings (SSSR count). The van der Waals surface area contributed by atoms with Crippen molar-refractivity contribution in [3.05, 3.63) is 0 Å². The van der Waals surface area contributed by atoms with Gasteiger partial charge in [-0.15, -0.1) is 12.6 Å². The van der Waals surface area contributed by atoms with Crippen LogP contribution in [0.15, 0.2) is 0 Å². The van der Waals surface area contributed by atoms with Crippen LogP contribution < -0.4 is 0 Å². The predicted octanol–water partition coefficient (Wildman–Crippen LogP) is 0.460. The van der Waals surface area contributed by atoms with Crippen molar-refractivity contribution in [1.29, 1.82) is 0 Å². The molecule has 1 nitrogen and oxygen atoms in total. The first kappa shape index (κ1) is 9.45. The van der Waals surface area contributed by atoms with Crippen molar-refractivity contribution in [3.8, 4) is 0 Å². The van der Waals surface area contributed by atoms with Crippen LogP contribution in [-0.2, 0) is 37.5 Å². The summed E-state index contributed by atoms with van der Waals surface area (Å²) in [5.74, 6) is 0. The van der Waals surface area contributed by atoms with Crippen LogP contribution >= 0.6 is 12.6 Å². The van der Waals surface area contributed by atoms with Gasteiger partial charge in [0.05, 0.1) is 0 Å². The van der Waals surface area contributed by atoms with Crippen molar-refractivity contribution in [3.63, 3.8) is 0 Å². The first-order chi connectivity index (χ1) is 1.73. The van der Waals surface area contributed by atoms with E-state index in [0.717, 1.165) is 0 Å². The first-order valence-electron chi connectivity index (χ1n) is 0.928. The Kier molecular flexibility index (Phi) is 9.69. The SMILES string of the molecule is CC(=O)S.[Y]. The Bertz CT molecular complexity index is 32.6. The van der Waals surface area contributed by atoms with Gasteiger partial charge in [0.15, 0.2) is 5.12 Å². The summed E-state index contributed by atoms with van der Waals surface area (Å²) in [4.78, 5) is 9.31. The minimum Gasteiger partial charge on any atom is -0.288 e. The zero-order valence-corrected chi connectivity index (χ0v) is 6.67. The summed E-state index contributed by atoms with van der Waals surface area (Å²) in [5.41, 5.74) is 0. The molecule has 0 unspecified atom stereocenters. The van der Waals surface area contributed by atoms with E-state index in [1.54, 1.807) is 0 Å². The Hall–Kier alpha value is 1.12. The van der Waals surface area contributed by atoms with E-state index in [2.05, 4.69) is 12.6 Å². The molecule has 3 heteroatoms. The summed E-state index contributed by atoms with van der Waals surface area (Å²) in [6.07, 6.45) is 0. The molecule has 5 heavy (non-hydrogen) atoms. The van der Waals surface area contributed by atoms with Crippen LogP contribution in [0.3, 0.4) is 0 Å². The Morgan fingerprint density at radius 1 is 1.80 bits per heavy atom. The molecule has 0 fully saturated rings. The molecule has 1 radical (unpaired) electrons. The molecule has 0 spiro atoms. The zero-order valence-electron chi connectivity index (χ0n) is 2.93. The van der Waals surface area contributed by atoms with E-state index >= 15 is 0 Å². The fraction of sp³-hybridized carbons (Fsp3) is 0.500. The van der Waals surface area contributed by atoms with Crippen LogP contribution in [0, 0.1) is 0 Å². The molecule has 0 N–H and O–H groups in total. The van der Waals surface area contributed by atoms with Gasteiger partial charge < -0.3 is 0 Å². The van der Waals surface area contributed by atoms with Crippen LogP contribution in [0.1, 0.15) is 6.92 Å².